The van der Waals surface area contributed by atoms with Gasteiger partial charge < -0.3 is 4.42 Å². The maximum absolute atomic E-state index is 13.1. The molecule has 0 saturated heterocycles. The Morgan fingerprint density at radius 2 is 1.95 bits per heavy atom. The van der Waals surface area contributed by atoms with Crippen LogP contribution in [-0.4, -0.2) is 5.78 Å². The van der Waals surface area contributed by atoms with Crippen molar-refractivity contribution in [1.82, 2.24) is 0 Å². The van der Waals surface area contributed by atoms with Crippen molar-refractivity contribution in [1.29, 1.82) is 0 Å². The summed E-state index contributed by atoms with van der Waals surface area (Å²) < 4.78 is 19.3. The van der Waals surface area contributed by atoms with Crippen molar-refractivity contribution in [3.8, 4) is 0 Å². The second kappa shape index (κ2) is 5.04. The van der Waals surface area contributed by atoms with Crippen LogP contribution in [0.15, 0.2) is 51.4 Å². The standard InChI is InChI=1S/C15H7BrClFO2/c16-10-3-9(4-11(17)7-10)15(19)14-6-8-5-12(18)1-2-13(8)20-14/h1-7H. The lowest BCUT2D eigenvalue weighted by Crippen LogP contribution is -1.99. The van der Waals surface area contributed by atoms with Gasteiger partial charge in [0.05, 0.1) is 0 Å². The quantitative estimate of drug-likeness (QED) is 0.591. The summed E-state index contributed by atoms with van der Waals surface area (Å²) in [6.07, 6.45) is 0. The number of fused-ring (bicyclic) bond motifs is 1. The van der Waals surface area contributed by atoms with Crippen molar-refractivity contribution in [2.75, 3.05) is 0 Å². The first-order valence-electron chi connectivity index (χ1n) is 5.73. The minimum atomic E-state index is -0.372. The summed E-state index contributed by atoms with van der Waals surface area (Å²) in [7, 11) is 0. The fourth-order valence-corrected chi connectivity index (χ4v) is 2.81. The van der Waals surface area contributed by atoms with Gasteiger partial charge in [0, 0.05) is 20.4 Å². The highest BCUT2D eigenvalue weighted by Crippen LogP contribution is 2.25. The molecule has 2 aromatic carbocycles. The van der Waals surface area contributed by atoms with Gasteiger partial charge in [-0.1, -0.05) is 27.5 Å². The fourth-order valence-electron chi connectivity index (χ4n) is 1.95. The number of hydrogen-bond donors (Lipinski definition) is 0. The summed E-state index contributed by atoms with van der Waals surface area (Å²) in [5, 5.41) is 0.999. The summed E-state index contributed by atoms with van der Waals surface area (Å²) in [5.41, 5.74) is 0.875. The van der Waals surface area contributed by atoms with Gasteiger partial charge in [-0.15, -0.1) is 0 Å². The monoisotopic (exact) mass is 352 g/mol. The molecular weight excluding hydrogens is 347 g/mol. The zero-order valence-electron chi connectivity index (χ0n) is 9.99. The number of carbonyl (C=O) groups excluding carboxylic acids is 1. The summed E-state index contributed by atoms with van der Waals surface area (Å²) in [6.45, 7) is 0. The van der Waals surface area contributed by atoms with E-state index in [-0.39, 0.29) is 17.4 Å². The topological polar surface area (TPSA) is 30.2 Å². The molecule has 5 heteroatoms. The smallest absolute Gasteiger partial charge is 0.228 e. The van der Waals surface area contributed by atoms with E-state index in [0.717, 1.165) is 0 Å². The molecule has 100 valence electrons. The van der Waals surface area contributed by atoms with Gasteiger partial charge in [0.1, 0.15) is 11.4 Å². The van der Waals surface area contributed by atoms with Gasteiger partial charge in [0.25, 0.3) is 0 Å². The Labute approximate surface area is 127 Å². The normalized spacial score (nSPS) is 10.9. The molecule has 0 aliphatic carbocycles. The summed E-state index contributed by atoms with van der Waals surface area (Å²) in [4.78, 5) is 12.3. The van der Waals surface area contributed by atoms with Gasteiger partial charge >= 0.3 is 0 Å². The Balaban J connectivity index is 2.07. The molecule has 3 rings (SSSR count). The van der Waals surface area contributed by atoms with Crippen LogP contribution in [0.5, 0.6) is 0 Å². The number of halogens is 3. The van der Waals surface area contributed by atoms with Gasteiger partial charge in [-0.05, 0) is 42.5 Å². The average Bonchev–Trinajstić information content (AvgIpc) is 2.79. The molecule has 0 aliphatic rings. The molecule has 0 fully saturated rings. The molecule has 0 amide bonds. The van der Waals surface area contributed by atoms with Crippen molar-refractivity contribution >= 4 is 44.3 Å². The van der Waals surface area contributed by atoms with Gasteiger partial charge in [-0.2, -0.15) is 0 Å². The molecule has 20 heavy (non-hydrogen) atoms. The molecule has 0 bridgehead atoms. The van der Waals surface area contributed by atoms with E-state index in [1.807, 2.05) is 0 Å². The molecular formula is C15H7BrClFO2. The van der Waals surface area contributed by atoms with Crippen molar-refractivity contribution in [2.45, 2.75) is 0 Å². The molecule has 1 aromatic heterocycles. The van der Waals surface area contributed by atoms with E-state index in [2.05, 4.69) is 15.9 Å². The van der Waals surface area contributed by atoms with Crippen LogP contribution in [0.3, 0.4) is 0 Å². The summed E-state index contributed by atoms with van der Waals surface area (Å²) in [6, 6.07) is 10.5. The van der Waals surface area contributed by atoms with Gasteiger partial charge in [0.15, 0.2) is 5.76 Å². The minimum absolute atomic E-state index is 0.153. The number of carbonyl (C=O) groups is 1. The average molecular weight is 354 g/mol. The number of benzene rings is 2. The van der Waals surface area contributed by atoms with E-state index < -0.39 is 0 Å². The van der Waals surface area contributed by atoms with Gasteiger partial charge in [-0.3, -0.25) is 4.79 Å². The highest BCUT2D eigenvalue weighted by atomic mass is 79.9. The Morgan fingerprint density at radius 1 is 1.15 bits per heavy atom. The lowest BCUT2D eigenvalue weighted by Gasteiger charge is -2.00. The first-order chi connectivity index (χ1) is 9.52. The van der Waals surface area contributed by atoms with Crippen molar-refractivity contribution < 1.29 is 13.6 Å². The Bertz CT molecular complexity index is 806. The second-order valence-electron chi connectivity index (χ2n) is 4.28. The molecule has 0 spiro atoms. The molecule has 2 nitrogen and oxygen atoms in total. The molecule has 0 unspecified atom stereocenters. The molecule has 0 radical (unpaired) electrons. The van der Waals surface area contributed by atoms with Gasteiger partial charge in [-0.25, -0.2) is 4.39 Å². The number of furan rings is 1. The van der Waals surface area contributed by atoms with Crippen LogP contribution >= 0.6 is 27.5 Å². The number of ketones is 1. The lowest BCUT2D eigenvalue weighted by molar-refractivity contribution is 0.101. The Kier molecular flexibility index (Phi) is 3.36. The van der Waals surface area contributed by atoms with Crippen LogP contribution < -0.4 is 0 Å². The molecule has 0 N–H and O–H groups in total. The van der Waals surface area contributed by atoms with Crippen LogP contribution in [-0.2, 0) is 0 Å². The zero-order chi connectivity index (χ0) is 14.3. The first-order valence-corrected chi connectivity index (χ1v) is 6.90. The predicted molar refractivity (Wildman–Crippen MR) is 78.8 cm³/mol. The largest absolute Gasteiger partial charge is 0.453 e. The molecule has 0 atom stereocenters. The van der Waals surface area contributed by atoms with Gasteiger partial charge in [0.2, 0.25) is 5.78 Å². The zero-order valence-corrected chi connectivity index (χ0v) is 12.3. The van der Waals surface area contributed by atoms with Crippen LogP contribution in [0, 0.1) is 5.82 Å². The Morgan fingerprint density at radius 3 is 2.70 bits per heavy atom. The van der Waals surface area contributed by atoms with E-state index in [1.165, 1.54) is 24.3 Å². The van der Waals surface area contributed by atoms with E-state index >= 15 is 0 Å². The highest BCUT2D eigenvalue weighted by Gasteiger charge is 2.16. The third-order valence-corrected chi connectivity index (χ3v) is 3.50. The minimum Gasteiger partial charge on any atom is -0.453 e. The molecule has 3 aromatic rings. The maximum Gasteiger partial charge on any atom is 0.228 e. The van der Waals surface area contributed by atoms with Crippen LogP contribution in [0.4, 0.5) is 4.39 Å². The van der Waals surface area contributed by atoms with E-state index in [9.17, 15) is 9.18 Å². The first kappa shape index (κ1) is 13.3. The number of hydrogen-bond acceptors (Lipinski definition) is 2. The highest BCUT2D eigenvalue weighted by molar-refractivity contribution is 9.10. The summed E-state index contributed by atoms with van der Waals surface area (Å²) >= 11 is 9.20. The molecule has 1 heterocycles. The van der Waals surface area contributed by atoms with Crippen molar-refractivity contribution in [2.24, 2.45) is 0 Å². The van der Waals surface area contributed by atoms with Crippen LogP contribution in [0.2, 0.25) is 5.02 Å². The summed E-state index contributed by atoms with van der Waals surface area (Å²) in [5.74, 6) is -0.521. The molecule has 0 saturated carbocycles. The lowest BCUT2D eigenvalue weighted by atomic mass is 10.1. The van der Waals surface area contributed by atoms with Crippen LogP contribution in [0.25, 0.3) is 11.0 Å². The van der Waals surface area contributed by atoms with Crippen molar-refractivity contribution in [3.05, 3.63) is 69.1 Å². The SMILES string of the molecule is O=C(c1cc(Cl)cc(Br)c1)c1cc2cc(F)ccc2o1. The maximum atomic E-state index is 13.1. The third kappa shape index (κ3) is 2.49. The van der Waals surface area contributed by atoms with Crippen molar-refractivity contribution in [3.63, 3.8) is 0 Å². The fraction of sp³-hybridized carbons (Fsp3) is 0. The Hall–Kier alpha value is -1.65. The van der Waals surface area contributed by atoms with Crippen LogP contribution in [0.1, 0.15) is 16.1 Å². The second-order valence-corrected chi connectivity index (χ2v) is 5.63. The predicted octanol–water partition coefficient (Wildman–Crippen LogP) is 5.22. The number of rotatable bonds is 2. The molecule has 0 aliphatic heterocycles. The van der Waals surface area contributed by atoms with E-state index in [0.29, 0.717) is 26.0 Å². The van der Waals surface area contributed by atoms with E-state index in [4.69, 9.17) is 16.0 Å². The van der Waals surface area contributed by atoms with E-state index in [1.54, 1.807) is 18.2 Å². The third-order valence-electron chi connectivity index (χ3n) is 2.83.